The second-order valence-corrected chi connectivity index (χ2v) is 4.46. The summed E-state index contributed by atoms with van der Waals surface area (Å²) in [4.78, 5) is 3.00. The molecule has 0 aliphatic heterocycles. The molecule has 0 aliphatic rings. The third-order valence-electron chi connectivity index (χ3n) is 2.64. The van der Waals surface area contributed by atoms with Gasteiger partial charge in [0.1, 0.15) is 10.7 Å². The summed E-state index contributed by atoms with van der Waals surface area (Å²) >= 11 is 5.17. The van der Waals surface area contributed by atoms with Crippen LogP contribution in [-0.2, 0) is 0 Å². The lowest BCUT2D eigenvalue weighted by atomic mass is 10.0. The van der Waals surface area contributed by atoms with E-state index in [4.69, 9.17) is 17.5 Å². The van der Waals surface area contributed by atoms with E-state index in [0.717, 1.165) is 16.8 Å². The predicted octanol–water partition coefficient (Wildman–Crippen LogP) is 3.90. The van der Waals surface area contributed by atoms with E-state index in [2.05, 4.69) is 11.1 Å². The van der Waals surface area contributed by atoms with Gasteiger partial charge in [0.05, 0.1) is 5.56 Å². The van der Waals surface area contributed by atoms with Crippen LogP contribution in [0.15, 0.2) is 30.3 Å². The molecule has 0 radical (unpaired) electrons. The maximum Gasteiger partial charge on any atom is 0.122 e. The van der Waals surface area contributed by atoms with E-state index in [-0.39, 0.29) is 0 Å². The molecule has 2 rings (SSSR count). The molecular weight excluding hydrogens is 228 g/mol. The molecule has 0 fully saturated rings. The highest BCUT2D eigenvalue weighted by molar-refractivity contribution is 7.71. The third-order valence-corrected chi connectivity index (χ3v) is 2.95. The topological polar surface area (TPSA) is 39.6 Å². The smallest absolute Gasteiger partial charge is 0.122 e. The standard InChI is InChI=1S/C14H12N2S/c1-9-3-5-11(6-4-9)12-7-10(2)16-14(17)13(12)8-15/h3-7H,1-2H3,(H,16,17). The highest BCUT2D eigenvalue weighted by Crippen LogP contribution is 2.24. The van der Waals surface area contributed by atoms with Crippen LogP contribution < -0.4 is 0 Å². The Morgan fingerprint density at radius 2 is 1.82 bits per heavy atom. The van der Waals surface area contributed by atoms with Crippen LogP contribution in [0.1, 0.15) is 16.8 Å². The number of nitriles is 1. The van der Waals surface area contributed by atoms with Crippen LogP contribution in [0.2, 0.25) is 0 Å². The number of benzene rings is 1. The fourth-order valence-corrected chi connectivity index (χ4v) is 2.08. The normalized spacial score (nSPS) is 9.94. The number of pyridine rings is 1. The Morgan fingerprint density at radius 3 is 2.41 bits per heavy atom. The number of aromatic amines is 1. The maximum atomic E-state index is 9.17. The molecule has 84 valence electrons. The lowest BCUT2D eigenvalue weighted by Crippen LogP contribution is -1.92. The van der Waals surface area contributed by atoms with Gasteiger partial charge in [0.15, 0.2) is 0 Å². The zero-order valence-electron chi connectivity index (χ0n) is 9.74. The van der Waals surface area contributed by atoms with Crippen LogP contribution in [0.3, 0.4) is 0 Å². The van der Waals surface area contributed by atoms with Gasteiger partial charge >= 0.3 is 0 Å². The molecule has 1 aromatic carbocycles. The first-order valence-corrected chi connectivity index (χ1v) is 5.73. The Morgan fingerprint density at radius 1 is 1.18 bits per heavy atom. The van der Waals surface area contributed by atoms with Crippen molar-refractivity contribution in [1.82, 2.24) is 4.98 Å². The van der Waals surface area contributed by atoms with Crippen molar-refractivity contribution in [1.29, 1.82) is 5.26 Å². The number of rotatable bonds is 1. The summed E-state index contributed by atoms with van der Waals surface area (Å²) in [6, 6.07) is 12.2. The highest BCUT2D eigenvalue weighted by atomic mass is 32.1. The Labute approximate surface area is 106 Å². The summed E-state index contributed by atoms with van der Waals surface area (Å²) < 4.78 is 0.503. The van der Waals surface area contributed by atoms with Crippen LogP contribution in [0, 0.1) is 29.8 Å². The zero-order chi connectivity index (χ0) is 12.4. The van der Waals surface area contributed by atoms with Crippen molar-refractivity contribution in [3.63, 3.8) is 0 Å². The van der Waals surface area contributed by atoms with Crippen molar-refractivity contribution in [2.45, 2.75) is 13.8 Å². The molecule has 0 amide bonds. The van der Waals surface area contributed by atoms with E-state index in [0.29, 0.717) is 10.2 Å². The number of hydrogen-bond donors (Lipinski definition) is 1. The van der Waals surface area contributed by atoms with Gasteiger partial charge in [-0.05, 0) is 25.5 Å². The fraction of sp³-hybridized carbons (Fsp3) is 0.143. The van der Waals surface area contributed by atoms with Crippen molar-refractivity contribution in [2.24, 2.45) is 0 Å². The minimum atomic E-state index is 0.503. The number of nitrogens with one attached hydrogen (secondary N) is 1. The van der Waals surface area contributed by atoms with Crippen molar-refractivity contribution in [3.05, 3.63) is 51.8 Å². The van der Waals surface area contributed by atoms with Gasteiger partial charge in [-0.1, -0.05) is 42.0 Å². The van der Waals surface area contributed by atoms with Crippen molar-refractivity contribution >= 4 is 12.2 Å². The number of H-pyrrole nitrogens is 1. The molecule has 2 aromatic rings. The van der Waals surface area contributed by atoms with E-state index in [1.165, 1.54) is 5.56 Å². The molecular formula is C14H12N2S. The average Bonchev–Trinajstić information content (AvgIpc) is 2.29. The number of aryl methyl sites for hydroxylation is 2. The molecule has 0 saturated heterocycles. The van der Waals surface area contributed by atoms with Crippen molar-refractivity contribution in [3.8, 4) is 17.2 Å². The Balaban J connectivity index is 2.71. The van der Waals surface area contributed by atoms with Crippen LogP contribution in [-0.4, -0.2) is 4.98 Å². The quantitative estimate of drug-likeness (QED) is 0.768. The first-order valence-electron chi connectivity index (χ1n) is 5.33. The lowest BCUT2D eigenvalue weighted by Gasteiger charge is -2.06. The van der Waals surface area contributed by atoms with Gasteiger partial charge < -0.3 is 4.98 Å². The minimum absolute atomic E-state index is 0.503. The second-order valence-electron chi connectivity index (χ2n) is 4.05. The third kappa shape index (κ3) is 2.27. The fourth-order valence-electron chi connectivity index (χ4n) is 1.76. The van der Waals surface area contributed by atoms with E-state index >= 15 is 0 Å². The molecule has 0 saturated carbocycles. The number of hydrogen-bond acceptors (Lipinski definition) is 2. The molecule has 17 heavy (non-hydrogen) atoms. The highest BCUT2D eigenvalue weighted by Gasteiger charge is 2.07. The van der Waals surface area contributed by atoms with Crippen LogP contribution >= 0.6 is 12.2 Å². The number of aromatic nitrogens is 1. The molecule has 1 N–H and O–H groups in total. The van der Waals surface area contributed by atoms with Crippen LogP contribution in [0.5, 0.6) is 0 Å². The molecule has 0 spiro atoms. The molecule has 1 heterocycles. The summed E-state index contributed by atoms with van der Waals surface area (Å²) in [7, 11) is 0. The van der Waals surface area contributed by atoms with Crippen molar-refractivity contribution in [2.75, 3.05) is 0 Å². The first kappa shape index (κ1) is 11.6. The summed E-state index contributed by atoms with van der Waals surface area (Å²) in [5.41, 5.74) is 4.62. The van der Waals surface area contributed by atoms with Gasteiger partial charge in [-0.15, -0.1) is 0 Å². The largest absolute Gasteiger partial charge is 0.349 e. The van der Waals surface area contributed by atoms with Gasteiger partial charge in [-0.25, -0.2) is 0 Å². The maximum absolute atomic E-state index is 9.17. The second kappa shape index (κ2) is 4.52. The number of nitrogens with zero attached hydrogens (tertiary/aromatic N) is 1. The summed E-state index contributed by atoms with van der Waals surface area (Å²) in [5, 5.41) is 9.17. The monoisotopic (exact) mass is 240 g/mol. The van der Waals surface area contributed by atoms with Crippen molar-refractivity contribution < 1.29 is 0 Å². The lowest BCUT2D eigenvalue weighted by molar-refractivity contribution is 1.17. The van der Waals surface area contributed by atoms with Crippen LogP contribution in [0.25, 0.3) is 11.1 Å². The van der Waals surface area contributed by atoms with E-state index in [9.17, 15) is 0 Å². The average molecular weight is 240 g/mol. The van der Waals surface area contributed by atoms with E-state index in [1.54, 1.807) is 0 Å². The summed E-state index contributed by atoms with van der Waals surface area (Å²) in [6.45, 7) is 3.98. The zero-order valence-corrected chi connectivity index (χ0v) is 10.6. The van der Waals surface area contributed by atoms with Gasteiger partial charge in [0.2, 0.25) is 0 Å². The predicted molar refractivity (Wildman–Crippen MR) is 71.3 cm³/mol. The molecule has 0 atom stereocenters. The van der Waals surface area contributed by atoms with Crippen LogP contribution in [0.4, 0.5) is 0 Å². The van der Waals surface area contributed by atoms with E-state index < -0.39 is 0 Å². The minimum Gasteiger partial charge on any atom is -0.349 e. The van der Waals surface area contributed by atoms with Gasteiger partial charge in [-0.2, -0.15) is 5.26 Å². The molecule has 2 nitrogen and oxygen atoms in total. The first-order chi connectivity index (χ1) is 8.11. The Bertz CT molecular complexity index is 645. The SMILES string of the molecule is Cc1ccc(-c2cc(C)[nH]c(=S)c2C#N)cc1. The molecule has 0 aliphatic carbocycles. The Hall–Kier alpha value is -1.92. The summed E-state index contributed by atoms with van der Waals surface area (Å²) in [6.07, 6.45) is 0. The summed E-state index contributed by atoms with van der Waals surface area (Å²) in [5.74, 6) is 0. The van der Waals surface area contributed by atoms with Gasteiger partial charge in [0, 0.05) is 11.3 Å². The molecule has 0 bridgehead atoms. The van der Waals surface area contributed by atoms with Gasteiger partial charge in [0.25, 0.3) is 0 Å². The van der Waals surface area contributed by atoms with Gasteiger partial charge in [-0.3, -0.25) is 0 Å². The molecule has 3 heteroatoms. The molecule has 0 unspecified atom stereocenters. The molecule has 1 aromatic heterocycles. The Kier molecular flexibility index (Phi) is 3.08. The van der Waals surface area contributed by atoms with E-state index in [1.807, 2.05) is 44.2 Å².